The van der Waals surface area contributed by atoms with Gasteiger partial charge in [0.25, 0.3) is 0 Å². The predicted molar refractivity (Wildman–Crippen MR) is 199 cm³/mol. The van der Waals surface area contributed by atoms with Crippen LogP contribution in [-0.4, -0.2) is 9.97 Å². The Kier molecular flexibility index (Phi) is 5.77. The normalized spacial score (nSPS) is 15.9. The van der Waals surface area contributed by atoms with Crippen molar-refractivity contribution in [3.8, 4) is 22.3 Å². The highest BCUT2D eigenvalue weighted by molar-refractivity contribution is 6.23. The monoisotopic (exact) mass is 614 g/mol. The van der Waals surface area contributed by atoms with Gasteiger partial charge in [0.05, 0.1) is 16.4 Å². The number of nitrogens with zero attached hydrogens (tertiary/aromatic N) is 2. The number of furan rings is 1. The van der Waals surface area contributed by atoms with Gasteiger partial charge in [-0.05, 0) is 80.9 Å². The summed E-state index contributed by atoms with van der Waals surface area (Å²) in [4.78, 5) is 9.43. The molecule has 3 nitrogen and oxygen atoms in total. The molecule has 1 aliphatic carbocycles. The zero-order valence-electron chi connectivity index (χ0n) is 26.4. The summed E-state index contributed by atoms with van der Waals surface area (Å²) in [5, 5.41) is 8.31. The van der Waals surface area contributed by atoms with Crippen molar-refractivity contribution in [1.82, 2.24) is 9.97 Å². The number of hydrogen-bond donors (Lipinski definition) is 0. The summed E-state index contributed by atoms with van der Waals surface area (Å²) in [7, 11) is 0. The van der Waals surface area contributed by atoms with E-state index >= 15 is 0 Å². The van der Waals surface area contributed by atoms with Crippen molar-refractivity contribution >= 4 is 60.4 Å². The zero-order valence-corrected chi connectivity index (χ0v) is 26.4. The van der Waals surface area contributed by atoms with Crippen molar-refractivity contribution in [2.45, 2.75) is 18.8 Å². The Hall–Kier alpha value is -6.06. The smallest absolute Gasteiger partial charge is 0.135 e. The molecule has 7 aromatic carbocycles. The van der Waals surface area contributed by atoms with E-state index in [0.717, 1.165) is 39.6 Å². The van der Waals surface area contributed by atoms with Gasteiger partial charge < -0.3 is 4.42 Å². The lowest BCUT2D eigenvalue weighted by atomic mass is 9.72. The number of rotatable bonds is 3. The molecule has 0 fully saturated rings. The largest absolute Gasteiger partial charge is 0.459 e. The average Bonchev–Trinajstić information content (AvgIpc) is 3.56. The maximum atomic E-state index is 6.72. The number of fused-ring (bicyclic) bond motifs is 11. The Labute approximate surface area is 277 Å². The maximum absolute atomic E-state index is 6.72. The fourth-order valence-corrected chi connectivity index (χ4v) is 7.95. The minimum atomic E-state index is -0.289. The summed E-state index contributed by atoms with van der Waals surface area (Å²) in [6.45, 7) is 2.32. The lowest BCUT2D eigenvalue weighted by Crippen LogP contribution is -2.25. The van der Waals surface area contributed by atoms with Crippen molar-refractivity contribution in [2.24, 2.45) is 0 Å². The number of hydrogen-bond acceptors (Lipinski definition) is 3. The van der Waals surface area contributed by atoms with E-state index in [1.165, 1.54) is 60.3 Å². The van der Waals surface area contributed by atoms with Crippen LogP contribution in [0.4, 0.5) is 0 Å². The van der Waals surface area contributed by atoms with Gasteiger partial charge in [0.1, 0.15) is 11.3 Å². The third kappa shape index (κ3) is 3.94. The lowest BCUT2D eigenvalue weighted by molar-refractivity contribution is 0.425. The lowest BCUT2D eigenvalue weighted by Gasteiger charge is -2.30. The quantitative estimate of drug-likeness (QED) is 0.186. The summed E-state index contributed by atoms with van der Waals surface area (Å²) in [5.41, 5.74) is 9.74. The van der Waals surface area contributed by atoms with E-state index in [9.17, 15) is 0 Å². The van der Waals surface area contributed by atoms with Gasteiger partial charge in [0.2, 0.25) is 0 Å². The second-order valence-corrected chi connectivity index (χ2v) is 13.2. The highest BCUT2D eigenvalue weighted by Gasteiger charge is 2.37. The molecule has 2 aromatic heterocycles. The van der Waals surface area contributed by atoms with Crippen LogP contribution in [0.2, 0.25) is 0 Å². The minimum Gasteiger partial charge on any atom is -0.459 e. The fourth-order valence-electron chi connectivity index (χ4n) is 7.95. The van der Waals surface area contributed by atoms with Crippen LogP contribution >= 0.6 is 0 Å². The molecule has 226 valence electrons. The predicted octanol–water partition coefficient (Wildman–Crippen LogP) is 11.9. The maximum Gasteiger partial charge on any atom is 0.135 e. The first-order valence-electron chi connectivity index (χ1n) is 16.5. The minimum absolute atomic E-state index is 0.289. The van der Waals surface area contributed by atoms with Crippen LogP contribution < -0.4 is 0 Å². The first kappa shape index (κ1) is 27.1. The van der Waals surface area contributed by atoms with Gasteiger partial charge in [0, 0.05) is 34.1 Å². The van der Waals surface area contributed by atoms with Crippen molar-refractivity contribution in [1.29, 1.82) is 0 Å². The Morgan fingerprint density at radius 3 is 2.04 bits per heavy atom. The van der Waals surface area contributed by atoms with Crippen molar-refractivity contribution < 1.29 is 4.42 Å². The molecule has 48 heavy (non-hydrogen) atoms. The van der Waals surface area contributed by atoms with E-state index in [1.807, 2.05) is 0 Å². The van der Waals surface area contributed by atoms with Gasteiger partial charge in [-0.3, -0.25) is 9.97 Å². The summed E-state index contributed by atoms with van der Waals surface area (Å²) in [6.07, 6.45) is 9.00. The van der Waals surface area contributed by atoms with Crippen LogP contribution in [0.25, 0.3) is 82.6 Å². The molecule has 0 bridgehead atoms. The van der Waals surface area contributed by atoms with Crippen LogP contribution in [0.5, 0.6) is 0 Å². The third-order valence-electron chi connectivity index (χ3n) is 10.4. The molecule has 0 saturated heterocycles. The molecule has 9 aromatic rings. The summed E-state index contributed by atoms with van der Waals surface area (Å²) >= 11 is 0. The van der Waals surface area contributed by atoms with Gasteiger partial charge in [-0.25, -0.2) is 0 Å². The molecule has 0 amide bonds. The van der Waals surface area contributed by atoms with Crippen LogP contribution in [0, 0.1) is 0 Å². The van der Waals surface area contributed by atoms with Crippen LogP contribution in [0.3, 0.4) is 0 Å². The summed E-state index contributed by atoms with van der Waals surface area (Å²) in [5.74, 6) is 1.04. The molecular weight excluding hydrogens is 585 g/mol. The zero-order chi connectivity index (χ0) is 31.8. The SMILES string of the molecule is CC1(c2cccc(-c3cccc(-c4ccc5c(c4)c4ccccc4c4nccnc54)c3)c2)CC=Cc2c1oc1ccc3ccccc3c21. The molecule has 0 aliphatic heterocycles. The Morgan fingerprint density at radius 1 is 0.562 bits per heavy atom. The van der Waals surface area contributed by atoms with Crippen molar-refractivity contribution in [2.75, 3.05) is 0 Å². The third-order valence-corrected chi connectivity index (χ3v) is 10.4. The van der Waals surface area contributed by atoms with E-state index < -0.39 is 0 Å². The first-order valence-corrected chi connectivity index (χ1v) is 16.5. The Balaban J connectivity index is 1.08. The highest BCUT2D eigenvalue weighted by atomic mass is 16.3. The molecule has 1 aliphatic rings. The standard InChI is InChI=1S/C45H30N2O/c1-45(22-8-17-38-41-34-14-3-2-9-28(34)19-21-40(41)48-44(38)45)33-13-7-12-31(26-33)29-10-6-11-30(25-29)32-18-20-37-39(27-32)35-15-4-5-16-36(35)42-43(37)47-24-23-46-42/h2-21,23-27H,22H2,1H3. The number of aromatic nitrogens is 2. The van der Waals surface area contributed by atoms with Crippen LogP contribution in [0.15, 0.2) is 150 Å². The van der Waals surface area contributed by atoms with Crippen LogP contribution in [-0.2, 0) is 5.41 Å². The molecule has 0 saturated carbocycles. The van der Waals surface area contributed by atoms with Crippen molar-refractivity contribution in [3.05, 3.63) is 163 Å². The molecule has 0 N–H and O–H groups in total. The van der Waals surface area contributed by atoms with Gasteiger partial charge in [-0.15, -0.1) is 0 Å². The topological polar surface area (TPSA) is 38.9 Å². The Bertz CT molecular complexity index is 2750. The molecule has 1 unspecified atom stereocenters. The second kappa shape index (κ2) is 10.2. The van der Waals surface area contributed by atoms with E-state index in [2.05, 4.69) is 146 Å². The molecule has 3 heteroatoms. The van der Waals surface area contributed by atoms with Gasteiger partial charge in [-0.2, -0.15) is 0 Å². The molecular formula is C45H30N2O. The second-order valence-electron chi connectivity index (χ2n) is 13.2. The van der Waals surface area contributed by atoms with Gasteiger partial charge >= 0.3 is 0 Å². The molecule has 2 heterocycles. The summed E-state index contributed by atoms with van der Waals surface area (Å²) in [6, 6.07) is 46.0. The fraction of sp³-hybridized carbons (Fsp3) is 0.0667. The average molecular weight is 615 g/mol. The van der Waals surface area contributed by atoms with Crippen LogP contribution in [0.1, 0.15) is 30.2 Å². The Morgan fingerprint density at radius 2 is 1.23 bits per heavy atom. The molecule has 10 rings (SSSR count). The molecule has 1 atom stereocenters. The van der Waals surface area contributed by atoms with Gasteiger partial charge in [0.15, 0.2) is 0 Å². The van der Waals surface area contributed by atoms with E-state index in [0.29, 0.717) is 0 Å². The first-order chi connectivity index (χ1) is 23.7. The number of allylic oxidation sites excluding steroid dienone is 1. The number of benzene rings is 7. The van der Waals surface area contributed by atoms with E-state index in [-0.39, 0.29) is 5.41 Å². The molecule has 0 spiro atoms. The van der Waals surface area contributed by atoms with Crippen molar-refractivity contribution in [3.63, 3.8) is 0 Å². The molecule has 0 radical (unpaired) electrons. The summed E-state index contributed by atoms with van der Waals surface area (Å²) < 4.78 is 6.72. The van der Waals surface area contributed by atoms with Gasteiger partial charge in [-0.1, -0.05) is 121 Å². The van der Waals surface area contributed by atoms with E-state index in [4.69, 9.17) is 14.4 Å². The highest BCUT2D eigenvalue weighted by Crippen LogP contribution is 2.47. The van der Waals surface area contributed by atoms with E-state index in [1.54, 1.807) is 12.4 Å².